The van der Waals surface area contributed by atoms with Crippen molar-refractivity contribution >= 4 is 0 Å². The summed E-state index contributed by atoms with van der Waals surface area (Å²) in [6.45, 7) is 2.85. The average Bonchev–Trinajstić information content (AvgIpc) is 2.57. The van der Waals surface area contributed by atoms with Crippen LogP contribution in [0, 0.1) is 6.92 Å². The molecule has 1 aliphatic rings. The van der Waals surface area contributed by atoms with Gasteiger partial charge in [-0.05, 0) is 38.9 Å². The first kappa shape index (κ1) is 12.7. The molecule has 1 aliphatic carbocycles. The summed E-state index contributed by atoms with van der Waals surface area (Å²) in [5, 5.41) is 0. The fourth-order valence-electron chi connectivity index (χ4n) is 2.80. The molecule has 1 aromatic rings. The van der Waals surface area contributed by atoms with E-state index in [-0.39, 0.29) is 0 Å². The smallest absolute Gasteiger partial charge is 0.118 e. The van der Waals surface area contributed by atoms with Crippen molar-refractivity contribution in [1.82, 2.24) is 4.90 Å². The van der Waals surface area contributed by atoms with Crippen molar-refractivity contribution in [3.63, 3.8) is 0 Å². The maximum atomic E-state index is 6.27. The van der Waals surface area contributed by atoms with Gasteiger partial charge in [-0.2, -0.15) is 0 Å². The van der Waals surface area contributed by atoms with E-state index in [0.29, 0.717) is 12.1 Å². The van der Waals surface area contributed by atoms with Crippen LogP contribution in [-0.4, -0.2) is 24.0 Å². The summed E-state index contributed by atoms with van der Waals surface area (Å²) in [7, 11) is 2.16. The van der Waals surface area contributed by atoms with Crippen molar-refractivity contribution in [3.05, 3.63) is 23.7 Å². The fourth-order valence-corrected chi connectivity index (χ4v) is 2.80. The van der Waals surface area contributed by atoms with E-state index >= 15 is 0 Å². The van der Waals surface area contributed by atoms with E-state index in [1.165, 1.54) is 25.7 Å². The molecule has 0 spiro atoms. The van der Waals surface area contributed by atoms with E-state index in [1.807, 2.05) is 13.0 Å². The van der Waals surface area contributed by atoms with Crippen LogP contribution in [0.3, 0.4) is 0 Å². The molecule has 1 heterocycles. The standard InChI is InChI=1S/C14H24N2O/c1-11-8-9-12(17-11)10-16(2)14-7-5-3-4-6-13(14)15/h8-9,13-14H,3-7,10,15H2,1-2H3. The van der Waals surface area contributed by atoms with Crippen LogP contribution in [0.15, 0.2) is 16.5 Å². The van der Waals surface area contributed by atoms with Gasteiger partial charge in [-0.1, -0.05) is 19.3 Å². The summed E-state index contributed by atoms with van der Waals surface area (Å²) in [5.41, 5.74) is 6.27. The average molecular weight is 236 g/mol. The Labute approximate surface area is 104 Å². The third-order valence-corrected chi connectivity index (χ3v) is 3.80. The van der Waals surface area contributed by atoms with Crippen molar-refractivity contribution in [2.24, 2.45) is 5.73 Å². The van der Waals surface area contributed by atoms with Crippen LogP contribution in [0.5, 0.6) is 0 Å². The highest BCUT2D eigenvalue weighted by Gasteiger charge is 2.24. The lowest BCUT2D eigenvalue weighted by Crippen LogP contribution is -2.44. The van der Waals surface area contributed by atoms with Crippen LogP contribution < -0.4 is 5.73 Å². The van der Waals surface area contributed by atoms with E-state index in [1.54, 1.807) is 0 Å². The van der Waals surface area contributed by atoms with E-state index in [4.69, 9.17) is 10.2 Å². The first-order valence-corrected chi connectivity index (χ1v) is 6.68. The van der Waals surface area contributed by atoms with E-state index in [2.05, 4.69) is 18.0 Å². The summed E-state index contributed by atoms with van der Waals surface area (Å²) in [4.78, 5) is 2.36. The second-order valence-electron chi connectivity index (χ2n) is 5.30. The second-order valence-corrected chi connectivity index (χ2v) is 5.30. The molecule has 0 radical (unpaired) electrons. The molecule has 1 saturated carbocycles. The summed E-state index contributed by atoms with van der Waals surface area (Å²) >= 11 is 0. The van der Waals surface area contributed by atoms with Gasteiger partial charge in [-0.15, -0.1) is 0 Å². The van der Waals surface area contributed by atoms with Crippen LogP contribution in [-0.2, 0) is 6.54 Å². The Bertz CT molecular complexity index is 348. The Balaban J connectivity index is 1.95. The van der Waals surface area contributed by atoms with E-state index in [0.717, 1.165) is 24.5 Å². The molecule has 2 atom stereocenters. The normalized spacial score (nSPS) is 26.1. The summed E-state index contributed by atoms with van der Waals surface area (Å²) in [5.74, 6) is 2.03. The van der Waals surface area contributed by atoms with Crippen molar-refractivity contribution in [2.45, 2.75) is 57.7 Å². The van der Waals surface area contributed by atoms with Gasteiger partial charge in [0.2, 0.25) is 0 Å². The Morgan fingerprint density at radius 3 is 2.76 bits per heavy atom. The Morgan fingerprint density at radius 1 is 1.29 bits per heavy atom. The number of hydrogen-bond acceptors (Lipinski definition) is 3. The van der Waals surface area contributed by atoms with Crippen molar-refractivity contribution in [1.29, 1.82) is 0 Å². The topological polar surface area (TPSA) is 42.4 Å². The minimum atomic E-state index is 0.318. The summed E-state index contributed by atoms with van der Waals surface area (Å²) in [6, 6.07) is 4.91. The van der Waals surface area contributed by atoms with Gasteiger partial charge in [0.25, 0.3) is 0 Å². The van der Waals surface area contributed by atoms with Gasteiger partial charge >= 0.3 is 0 Å². The highest BCUT2D eigenvalue weighted by Crippen LogP contribution is 2.22. The van der Waals surface area contributed by atoms with Gasteiger partial charge in [0.15, 0.2) is 0 Å². The predicted molar refractivity (Wildman–Crippen MR) is 69.8 cm³/mol. The lowest BCUT2D eigenvalue weighted by Gasteiger charge is -2.30. The number of nitrogens with two attached hydrogens (primary N) is 1. The zero-order valence-corrected chi connectivity index (χ0v) is 11.0. The molecule has 0 amide bonds. The predicted octanol–water partition coefficient (Wildman–Crippen LogP) is 2.68. The molecule has 0 aromatic carbocycles. The molecule has 3 heteroatoms. The third-order valence-electron chi connectivity index (χ3n) is 3.80. The van der Waals surface area contributed by atoms with Gasteiger partial charge in [-0.25, -0.2) is 0 Å². The molecular weight excluding hydrogens is 212 g/mol. The molecule has 1 fully saturated rings. The number of rotatable bonds is 3. The molecule has 96 valence electrons. The van der Waals surface area contributed by atoms with Gasteiger partial charge in [0, 0.05) is 12.1 Å². The quantitative estimate of drug-likeness (QED) is 0.820. The molecule has 2 unspecified atom stereocenters. The van der Waals surface area contributed by atoms with E-state index < -0.39 is 0 Å². The summed E-state index contributed by atoms with van der Waals surface area (Å²) < 4.78 is 5.63. The van der Waals surface area contributed by atoms with Crippen LogP contribution in [0.1, 0.15) is 43.6 Å². The van der Waals surface area contributed by atoms with Crippen molar-refractivity contribution in [2.75, 3.05) is 7.05 Å². The minimum absolute atomic E-state index is 0.318. The number of likely N-dealkylation sites (N-methyl/N-ethyl adjacent to an activating group) is 1. The van der Waals surface area contributed by atoms with Crippen molar-refractivity contribution < 1.29 is 4.42 Å². The lowest BCUT2D eigenvalue weighted by molar-refractivity contribution is 0.179. The zero-order valence-electron chi connectivity index (χ0n) is 11.0. The third kappa shape index (κ3) is 3.33. The monoisotopic (exact) mass is 236 g/mol. The SMILES string of the molecule is Cc1ccc(CN(C)C2CCCCCC2N)o1. The Kier molecular flexibility index (Phi) is 4.24. The maximum absolute atomic E-state index is 6.27. The van der Waals surface area contributed by atoms with Gasteiger partial charge < -0.3 is 10.2 Å². The van der Waals surface area contributed by atoms with Gasteiger partial charge in [-0.3, -0.25) is 4.90 Å². The minimum Gasteiger partial charge on any atom is -0.465 e. The highest BCUT2D eigenvalue weighted by molar-refractivity contribution is 5.05. The number of hydrogen-bond donors (Lipinski definition) is 1. The first-order valence-electron chi connectivity index (χ1n) is 6.68. The molecule has 0 aliphatic heterocycles. The van der Waals surface area contributed by atoms with Crippen LogP contribution in [0.25, 0.3) is 0 Å². The first-order chi connectivity index (χ1) is 8.16. The number of furan rings is 1. The molecule has 2 N–H and O–H groups in total. The van der Waals surface area contributed by atoms with Crippen LogP contribution in [0.2, 0.25) is 0 Å². The van der Waals surface area contributed by atoms with Gasteiger partial charge in [0.05, 0.1) is 6.54 Å². The molecule has 17 heavy (non-hydrogen) atoms. The Morgan fingerprint density at radius 2 is 2.06 bits per heavy atom. The summed E-state index contributed by atoms with van der Waals surface area (Å²) in [6.07, 6.45) is 6.30. The molecule has 2 rings (SSSR count). The zero-order chi connectivity index (χ0) is 12.3. The molecule has 3 nitrogen and oxygen atoms in total. The number of aryl methyl sites for hydroxylation is 1. The Hall–Kier alpha value is -0.800. The maximum Gasteiger partial charge on any atom is 0.118 e. The largest absolute Gasteiger partial charge is 0.465 e. The van der Waals surface area contributed by atoms with Crippen LogP contribution in [0.4, 0.5) is 0 Å². The molecular formula is C14H24N2O. The molecule has 0 saturated heterocycles. The molecule has 0 bridgehead atoms. The highest BCUT2D eigenvalue weighted by atomic mass is 16.3. The van der Waals surface area contributed by atoms with Crippen molar-refractivity contribution in [3.8, 4) is 0 Å². The molecule has 1 aromatic heterocycles. The second kappa shape index (κ2) is 5.69. The number of nitrogens with zero attached hydrogens (tertiary/aromatic N) is 1. The van der Waals surface area contributed by atoms with Gasteiger partial charge in [0.1, 0.15) is 11.5 Å². The van der Waals surface area contributed by atoms with Crippen LogP contribution >= 0.6 is 0 Å². The van der Waals surface area contributed by atoms with E-state index in [9.17, 15) is 0 Å². The fraction of sp³-hybridized carbons (Fsp3) is 0.714. The lowest BCUT2D eigenvalue weighted by atomic mass is 10.0.